The maximum Gasteiger partial charge on any atom is 0.337 e. The zero-order valence-corrected chi connectivity index (χ0v) is 24.8. The average Bonchev–Trinajstić information content (AvgIpc) is 3.48. The van der Waals surface area contributed by atoms with E-state index in [1.807, 2.05) is 61.5 Å². The first-order valence-corrected chi connectivity index (χ1v) is 13.9. The number of carbonyl (C=O) groups is 1. The smallest absolute Gasteiger partial charge is 0.337 e. The zero-order chi connectivity index (χ0) is 29.1. The summed E-state index contributed by atoms with van der Waals surface area (Å²) in [6.45, 7) is 4.98. The number of ether oxygens (including phenoxy) is 3. The topological polar surface area (TPSA) is 77.9 Å². The molecule has 0 radical (unpaired) electrons. The van der Waals surface area contributed by atoms with Gasteiger partial charge >= 0.3 is 5.97 Å². The molecule has 1 fully saturated rings. The maximum absolute atomic E-state index is 12.2. The van der Waals surface area contributed by atoms with Crippen molar-refractivity contribution in [2.45, 2.75) is 25.9 Å². The third kappa shape index (κ3) is 5.66. The number of aryl methyl sites for hydroxylation is 1. The number of pyridine rings is 1. The highest BCUT2D eigenvalue weighted by atomic mass is 35.5. The summed E-state index contributed by atoms with van der Waals surface area (Å²) in [6, 6.07) is 20.6. The molecule has 4 aromatic rings. The molecule has 0 amide bonds. The number of thiocarbonyl (C=S) groups is 1. The minimum atomic E-state index is -0.382. The van der Waals surface area contributed by atoms with Crippen molar-refractivity contribution < 1.29 is 19.0 Å². The lowest BCUT2D eigenvalue weighted by Gasteiger charge is -2.28. The Morgan fingerprint density at radius 2 is 1.85 bits per heavy atom. The van der Waals surface area contributed by atoms with Crippen LogP contribution in [0.2, 0.25) is 5.02 Å². The summed E-state index contributed by atoms with van der Waals surface area (Å²) in [6.07, 6.45) is 1.78. The van der Waals surface area contributed by atoms with Crippen molar-refractivity contribution in [2.24, 2.45) is 0 Å². The van der Waals surface area contributed by atoms with Gasteiger partial charge in [0.15, 0.2) is 5.11 Å². The molecule has 0 saturated carbocycles. The van der Waals surface area contributed by atoms with E-state index in [2.05, 4.69) is 32.8 Å². The van der Waals surface area contributed by atoms with Crippen molar-refractivity contribution in [3.63, 3.8) is 0 Å². The van der Waals surface area contributed by atoms with Crippen LogP contribution in [0.25, 0.3) is 5.69 Å². The molecule has 1 saturated heterocycles. The number of benzene rings is 2. The molecule has 0 aliphatic carbocycles. The first kappa shape index (κ1) is 28.6. The van der Waals surface area contributed by atoms with E-state index in [1.165, 1.54) is 7.11 Å². The summed E-state index contributed by atoms with van der Waals surface area (Å²) in [5, 5.41) is 4.54. The van der Waals surface area contributed by atoms with Gasteiger partial charge in [-0.05, 0) is 86.2 Å². The van der Waals surface area contributed by atoms with Crippen molar-refractivity contribution in [3.8, 4) is 11.4 Å². The number of anilines is 1. The number of rotatable bonds is 9. The van der Waals surface area contributed by atoms with Crippen LogP contribution in [0.4, 0.5) is 5.69 Å². The predicted molar refractivity (Wildman–Crippen MR) is 163 cm³/mol. The van der Waals surface area contributed by atoms with Crippen molar-refractivity contribution in [1.82, 2.24) is 14.9 Å². The molecule has 1 aliphatic heterocycles. The lowest BCUT2D eigenvalue weighted by molar-refractivity contribution is 0.0600. The normalized spacial score (nSPS) is 16.5. The van der Waals surface area contributed by atoms with Gasteiger partial charge in [0.1, 0.15) is 12.4 Å². The second-order valence-electron chi connectivity index (χ2n) is 9.66. The summed E-state index contributed by atoms with van der Waals surface area (Å²) in [7, 11) is 3.01. The molecule has 5 rings (SSSR count). The van der Waals surface area contributed by atoms with Crippen molar-refractivity contribution in [1.29, 1.82) is 0 Å². The molecule has 2 aromatic heterocycles. The third-order valence-electron chi connectivity index (χ3n) is 7.15. The summed E-state index contributed by atoms with van der Waals surface area (Å²) in [4.78, 5) is 19.0. The van der Waals surface area contributed by atoms with Crippen LogP contribution in [0.15, 0.2) is 72.9 Å². The Hall–Kier alpha value is -3.92. The number of hydrogen-bond acceptors (Lipinski definition) is 6. The third-order valence-corrected chi connectivity index (χ3v) is 7.76. The number of halogens is 1. The van der Waals surface area contributed by atoms with E-state index in [1.54, 1.807) is 19.4 Å². The van der Waals surface area contributed by atoms with Crippen LogP contribution in [0.5, 0.6) is 5.75 Å². The van der Waals surface area contributed by atoms with Gasteiger partial charge < -0.3 is 29.0 Å². The van der Waals surface area contributed by atoms with E-state index in [0.717, 1.165) is 34.0 Å². The maximum atomic E-state index is 12.2. The van der Waals surface area contributed by atoms with Gasteiger partial charge in [-0.2, -0.15) is 0 Å². The van der Waals surface area contributed by atoms with E-state index in [-0.39, 0.29) is 18.1 Å². The van der Waals surface area contributed by atoms with E-state index in [9.17, 15) is 4.79 Å². The molecule has 2 atom stereocenters. The zero-order valence-electron chi connectivity index (χ0n) is 23.3. The number of carbonyl (C=O) groups excluding carboxylic acids is 1. The molecule has 3 heterocycles. The fraction of sp³-hybridized carbons (Fsp3) is 0.258. The van der Waals surface area contributed by atoms with Crippen molar-refractivity contribution >= 4 is 40.6 Å². The Kier molecular flexibility index (Phi) is 8.58. The van der Waals surface area contributed by atoms with Crippen LogP contribution in [0, 0.1) is 13.8 Å². The van der Waals surface area contributed by atoms with Gasteiger partial charge in [-0.3, -0.25) is 4.98 Å². The molecule has 0 bridgehead atoms. The predicted octanol–water partition coefficient (Wildman–Crippen LogP) is 6.13. The molecule has 1 N–H and O–H groups in total. The quantitative estimate of drug-likeness (QED) is 0.142. The Morgan fingerprint density at radius 3 is 2.56 bits per heavy atom. The number of nitrogens with zero attached hydrogens (tertiary/aromatic N) is 3. The first-order chi connectivity index (χ1) is 19.8. The summed E-state index contributed by atoms with van der Waals surface area (Å²) in [5.74, 6) is 0.194. The van der Waals surface area contributed by atoms with Crippen LogP contribution >= 0.6 is 23.8 Å². The lowest BCUT2D eigenvalue weighted by Crippen LogP contribution is -2.29. The van der Waals surface area contributed by atoms with Gasteiger partial charge in [0, 0.05) is 36.1 Å². The Morgan fingerprint density at radius 1 is 1.02 bits per heavy atom. The van der Waals surface area contributed by atoms with Crippen LogP contribution in [-0.2, 0) is 9.47 Å². The summed E-state index contributed by atoms with van der Waals surface area (Å²) in [5.41, 5.74) is 6.13. The molecule has 0 spiro atoms. The van der Waals surface area contributed by atoms with Gasteiger partial charge in [0.2, 0.25) is 0 Å². The first-order valence-electron chi connectivity index (χ1n) is 13.1. The average molecular weight is 591 g/mol. The van der Waals surface area contributed by atoms with E-state index in [0.29, 0.717) is 34.7 Å². The number of hydrogen-bond donors (Lipinski definition) is 1. The van der Waals surface area contributed by atoms with Gasteiger partial charge in [-0.15, -0.1) is 0 Å². The van der Waals surface area contributed by atoms with Crippen molar-refractivity contribution in [3.05, 3.63) is 106 Å². The molecule has 10 heteroatoms. The van der Waals surface area contributed by atoms with Gasteiger partial charge in [-0.1, -0.05) is 23.7 Å². The molecular formula is C31H31ClN4O4S. The monoisotopic (exact) mass is 590 g/mol. The largest absolute Gasteiger partial charge is 0.490 e. The standard InChI is InChI=1S/C31H31ClN4O4S/c1-19-16-24(20(2)35(19)22-9-7-8-21(17-22)30(37)39-4)29-28(26-10-5-6-13-33-26)34-31(41)36(29)23-11-12-27(25(32)18-23)40-15-14-38-3/h5-13,16-18,28-29H,14-15H2,1-4H3,(H,34,41). The lowest BCUT2D eigenvalue weighted by atomic mass is 9.96. The molecule has 2 aromatic carbocycles. The van der Waals surface area contributed by atoms with Crippen molar-refractivity contribution in [2.75, 3.05) is 32.3 Å². The number of aromatic nitrogens is 2. The molecule has 41 heavy (non-hydrogen) atoms. The highest BCUT2D eigenvalue weighted by Gasteiger charge is 2.42. The number of esters is 1. The summed E-state index contributed by atoms with van der Waals surface area (Å²) < 4.78 is 17.9. The Bertz CT molecular complexity index is 1580. The molecule has 2 unspecified atom stereocenters. The molecule has 212 valence electrons. The minimum Gasteiger partial charge on any atom is -0.490 e. The number of methoxy groups -OCH3 is 2. The van der Waals surface area contributed by atoms with Gasteiger partial charge in [0.25, 0.3) is 0 Å². The van der Waals surface area contributed by atoms with Gasteiger partial charge in [0.05, 0.1) is 42.1 Å². The Labute approximate surface area is 249 Å². The van der Waals surface area contributed by atoms with Gasteiger partial charge in [-0.25, -0.2) is 4.79 Å². The van der Waals surface area contributed by atoms with E-state index >= 15 is 0 Å². The fourth-order valence-electron chi connectivity index (χ4n) is 5.31. The molecule has 1 aliphatic rings. The second kappa shape index (κ2) is 12.3. The second-order valence-corrected chi connectivity index (χ2v) is 10.5. The van der Waals surface area contributed by atoms with E-state index < -0.39 is 0 Å². The number of nitrogens with one attached hydrogen (secondary N) is 1. The molecule has 8 nitrogen and oxygen atoms in total. The SMILES string of the molecule is COCCOc1ccc(N2C(=S)NC(c3ccccn3)C2c2cc(C)n(-c3cccc(C(=O)OC)c3)c2C)cc1Cl. The minimum absolute atomic E-state index is 0.226. The fourth-order valence-corrected chi connectivity index (χ4v) is 5.89. The van der Waals surface area contributed by atoms with E-state index in [4.69, 9.17) is 38.0 Å². The highest BCUT2D eigenvalue weighted by Crippen LogP contribution is 2.45. The summed E-state index contributed by atoms with van der Waals surface area (Å²) >= 11 is 12.6. The van der Waals surface area contributed by atoms with Crippen LogP contribution in [0.3, 0.4) is 0 Å². The van der Waals surface area contributed by atoms with Crippen LogP contribution < -0.4 is 15.0 Å². The Balaban J connectivity index is 1.60. The van der Waals surface area contributed by atoms with Crippen LogP contribution in [0.1, 0.15) is 45.1 Å². The molecular weight excluding hydrogens is 560 g/mol. The highest BCUT2D eigenvalue weighted by molar-refractivity contribution is 7.80. The van der Waals surface area contributed by atoms with Crippen LogP contribution in [-0.4, -0.2) is 48.1 Å².